The van der Waals surface area contributed by atoms with Crippen LogP contribution in [0.4, 0.5) is 0 Å². The van der Waals surface area contributed by atoms with Crippen molar-refractivity contribution in [3.05, 3.63) is 383 Å². The fourth-order valence-corrected chi connectivity index (χ4v) is 29.1. The average molecular weight is 1880 g/mol. The molecular formula is C113H162N8P2Zr2. The number of nitrogens with one attached hydrogen (secondary N) is 1. The van der Waals surface area contributed by atoms with E-state index in [2.05, 4.69) is 343 Å². The third-order valence-corrected chi connectivity index (χ3v) is 33.9. The standard InChI is InChI=1S/2C27H36N3.C12H28NP.C12H27NP.5C7H7.2Zr/c2*1-17(2)21-11-9-12-22(18(3)4)25(21)29-15-16-30(27(29)28)26-23(19(5)6)13-10-14-24(26)20(7)8;2*1-10(2,3)14(13,11(4,5)6)12(7,8)9;5*1-7-5-3-2-4-6-7;;/h2*9-20H,1-8H3;13H,1-9H3;1-9H3;5*2-6H,1H2;;/q2*-1;;6*-1;2*+4. The molecule has 0 saturated heterocycles. The first-order valence-corrected chi connectivity index (χ1v) is 48.1. The van der Waals surface area contributed by atoms with Crippen LogP contribution in [0.2, 0.25) is 0 Å². The van der Waals surface area contributed by atoms with Crippen LogP contribution in [0, 0.1) is 39.8 Å². The summed E-state index contributed by atoms with van der Waals surface area (Å²) in [6, 6.07) is 75.3. The van der Waals surface area contributed by atoms with Crippen LogP contribution in [0.25, 0.3) is 38.7 Å². The van der Waals surface area contributed by atoms with Crippen molar-refractivity contribution in [1.82, 2.24) is 18.3 Å². The summed E-state index contributed by atoms with van der Waals surface area (Å²) < 4.78 is 7.86. The van der Waals surface area contributed by atoms with E-state index in [1.54, 1.807) is 0 Å². The molecule has 2 heterocycles. The number of nitrogens with zero attached hydrogens (tertiary/aromatic N) is 7. The van der Waals surface area contributed by atoms with Gasteiger partial charge in [-0.05, 0) is 177 Å². The van der Waals surface area contributed by atoms with E-state index in [1.165, 1.54) is 44.5 Å². The molecule has 8 nitrogen and oxygen atoms in total. The maximum Gasteiger partial charge on any atom is 4.00 e. The summed E-state index contributed by atoms with van der Waals surface area (Å²) in [6.45, 7) is 93.5. The molecule has 0 amide bonds. The fraction of sp³-hybridized carbons (Fsp3) is 0.425. The predicted octanol–water partition coefficient (Wildman–Crippen LogP) is 34.1. The van der Waals surface area contributed by atoms with Gasteiger partial charge in [-0.15, -0.1) is 60.7 Å². The molecule has 0 unspecified atom stereocenters. The van der Waals surface area contributed by atoms with Crippen LogP contribution in [0.1, 0.15) is 355 Å². The second-order valence-corrected chi connectivity index (χ2v) is 51.5. The SMILES string of the molecule is CC(C)(C)P(=N)(C(C)(C)C)C(C)(C)C.CC(C)(C)P(=[N-])(C(C)(C)C)C(C)(C)C.CC(C)c1cccc(C(C)C)c1-n1ccn(-c2c(C(C)C)cccc2C(C)C)c1=[N-].CC(C)c1cccc(C(C)C)c1-n1ccn(-c2c(C(C)C)cccc2C(C)C)c1=[N-].[CH2-]c1ccccc1.[CH2-]c1ccccc1.[CH2-]c1ccccc1.[CH2-]c1ccccc1.[CH2-]c1ccccc1.[Zr+4].[Zr+4]. The molecule has 0 aliphatic rings. The first-order valence-electron chi connectivity index (χ1n) is 44.5. The maximum absolute atomic E-state index is 11.5. The first kappa shape index (κ1) is 116. The molecule has 125 heavy (non-hydrogen) atoms. The number of aromatic nitrogens is 4. The van der Waals surface area contributed by atoms with Gasteiger partial charge >= 0.3 is 52.4 Å². The quantitative estimate of drug-likeness (QED) is 0.0928. The largest absolute Gasteiger partial charge is 4.00 e. The molecule has 12 heteroatoms. The van der Waals surface area contributed by atoms with Gasteiger partial charge in [0.2, 0.25) is 0 Å². The zero-order valence-corrected chi connectivity index (χ0v) is 90.6. The van der Waals surface area contributed by atoms with E-state index >= 15 is 0 Å². The van der Waals surface area contributed by atoms with Gasteiger partial charge in [-0.25, -0.2) is 7.05 Å². The average Bonchev–Trinajstić information content (AvgIpc) is 1.65. The Kier molecular flexibility index (Phi) is 47.2. The molecule has 0 aliphatic heterocycles. The Balaban J connectivity index is 0.000000753. The minimum absolute atomic E-state index is 0. The molecule has 0 spiro atoms. The van der Waals surface area contributed by atoms with E-state index in [4.69, 9.17) is 5.16 Å². The smallest absolute Gasteiger partial charge is 0.807 e. The Bertz CT molecular complexity index is 4340. The van der Waals surface area contributed by atoms with Crippen molar-refractivity contribution < 1.29 is 52.4 Å². The molecule has 11 rings (SSSR count). The van der Waals surface area contributed by atoms with E-state index in [1.807, 2.05) is 195 Å². The second-order valence-electron chi connectivity index (χ2n) is 40.8. The normalized spacial score (nSPS) is 11.7. The third-order valence-electron chi connectivity index (χ3n) is 22.1. The summed E-state index contributed by atoms with van der Waals surface area (Å²) in [7, 11) is -3.79. The Morgan fingerprint density at radius 3 is 0.432 bits per heavy atom. The van der Waals surface area contributed by atoms with E-state index in [0.29, 0.717) is 47.3 Å². The molecule has 0 aliphatic carbocycles. The van der Waals surface area contributed by atoms with Crippen molar-refractivity contribution in [2.75, 3.05) is 0 Å². The van der Waals surface area contributed by atoms with Crippen LogP contribution < -0.4 is 11.2 Å². The van der Waals surface area contributed by atoms with Gasteiger partial charge in [-0.2, -0.15) is 123 Å². The van der Waals surface area contributed by atoms with Crippen molar-refractivity contribution in [1.29, 1.82) is 5.16 Å². The molecular weight excluding hydrogens is 1710 g/mol. The number of rotatable bonds is 12. The molecule has 0 fully saturated rings. The van der Waals surface area contributed by atoms with Crippen molar-refractivity contribution in [3.63, 3.8) is 0 Å². The second kappa shape index (κ2) is 51.1. The summed E-state index contributed by atoms with van der Waals surface area (Å²) in [5, 5.41) is 43.4. The van der Waals surface area contributed by atoms with Gasteiger partial charge in [0.25, 0.3) is 0 Å². The molecule has 11 aromatic rings. The van der Waals surface area contributed by atoms with E-state index in [9.17, 15) is 16.0 Å². The van der Waals surface area contributed by atoms with Gasteiger partial charge in [0.05, 0.1) is 0 Å². The van der Waals surface area contributed by atoms with E-state index in [-0.39, 0.29) is 94.6 Å². The molecule has 672 valence electrons. The van der Waals surface area contributed by atoms with Crippen LogP contribution in [-0.4, -0.2) is 49.2 Å². The molecule has 1 N–H and O–H groups in total. The van der Waals surface area contributed by atoms with E-state index in [0.717, 1.165) is 50.6 Å². The Morgan fingerprint density at radius 2 is 0.360 bits per heavy atom. The summed E-state index contributed by atoms with van der Waals surface area (Å²) in [4.78, 5) is 0. The molecule has 2 aromatic heterocycles. The Hall–Kier alpha value is -7.42. The Labute approximate surface area is 803 Å². The predicted molar refractivity (Wildman–Crippen MR) is 549 cm³/mol. The monoisotopic (exact) mass is 1870 g/mol. The molecule has 0 saturated carbocycles. The number of imidazole rings is 2. The fourth-order valence-electron chi connectivity index (χ4n) is 17.1. The van der Waals surface area contributed by atoms with Gasteiger partial charge < -0.3 is 39.4 Å². The zero-order chi connectivity index (χ0) is 93.9. The number of hydrogen-bond donors (Lipinski definition) is 1. The number of para-hydroxylation sites is 4. The topological polar surface area (TPSA) is 110 Å². The van der Waals surface area contributed by atoms with Crippen LogP contribution in [0.15, 0.2) is 249 Å². The summed E-state index contributed by atoms with van der Waals surface area (Å²) >= 11 is 0. The minimum Gasteiger partial charge on any atom is -0.807 e. The van der Waals surface area contributed by atoms with Crippen molar-refractivity contribution in [3.8, 4) is 22.7 Å². The van der Waals surface area contributed by atoms with E-state index < -0.39 is 14.1 Å². The van der Waals surface area contributed by atoms with Crippen LogP contribution in [0.5, 0.6) is 0 Å². The first-order chi connectivity index (χ1) is 56.8. The molecule has 0 radical (unpaired) electrons. The number of benzene rings is 9. The minimum atomic E-state index is -2.02. The summed E-state index contributed by atoms with van der Waals surface area (Å²) in [5.74, 6) is 2.91. The van der Waals surface area contributed by atoms with Crippen LogP contribution in [-0.2, 0) is 52.4 Å². The maximum atomic E-state index is 11.5. The van der Waals surface area contributed by atoms with Gasteiger partial charge in [-0.3, -0.25) is 0 Å². The number of hydrogen-bond acceptors (Lipinski definition) is 1. The van der Waals surface area contributed by atoms with Gasteiger partial charge in [-0.1, -0.05) is 339 Å². The van der Waals surface area contributed by atoms with Crippen molar-refractivity contribution in [2.24, 2.45) is 0 Å². The Morgan fingerprint density at radius 1 is 0.232 bits per heavy atom. The molecule has 0 atom stereocenters. The third kappa shape index (κ3) is 32.6. The zero-order valence-electron chi connectivity index (χ0n) is 83.9. The van der Waals surface area contributed by atoms with Crippen molar-refractivity contribution >= 4 is 14.1 Å². The molecule has 9 aromatic carbocycles. The van der Waals surface area contributed by atoms with Gasteiger partial charge in [0, 0.05) is 11.2 Å². The summed E-state index contributed by atoms with van der Waals surface area (Å²) in [6.07, 6.45) is 8.01. The van der Waals surface area contributed by atoms with Crippen LogP contribution >= 0.6 is 14.1 Å². The van der Waals surface area contributed by atoms with Gasteiger partial charge in [0.15, 0.2) is 0 Å². The van der Waals surface area contributed by atoms with Crippen LogP contribution in [0.3, 0.4) is 0 Å². The summed E-state index contributed by atoms with van der Waals surface area (Å²) in [5.41, 5.74) is 20.3. The van der Waals surface area contributed by atoms with Gasteiger partial charge in [0.1, 0.15) is 0 Å². The molecule has 0 bridgehead atoms. The van der Waals surface area contributed by atoms with Crippen molar-refractivity contribution in [2.45, 2.75) is 314 Å².